The van der Waals surface area contributed by atoms with Crippen molar-refractivity contribution in [3.8, 4) is 11.5 Å². The molecule has 1 aliphatic rings. The minimum absolute atomic E-state index is 0.0859. The lowest BCUT2D eigenvalue weighted by molar-refractivity contribution is -0.140. The van der Waals surface area contributed by atoms with Gasteiger partial charge in [0.1, 0.15) is 23.9 Å². The molecule has 0 saturated carbocycles. The first-order valence-corrected chi connectivity index (χ1v) is 11.9. The van der Waals surface area contributed by atoms with Gasteiger partial charge in [0.25, 0.3) is 11.7 Å². The van der Waals surface area contributed by atoms with Crippen molar-refractivity contribution in [2.45, 2.75) is 26.3 Å². The highest BCUT2D eigenvalue weighted by molar-refractivity contribution is 6.46. The molecule has 2 aromatic rings. The molecule has 1 fully saturated rings. The molecule has 0 aromatic heterocycles. The molecule has 2 aromatic carbocycles. The van der Waals surface area contributed by atoms with Gasteiger partial charge < -0.3 is 24.4 Å². The molecule has 1 heterocycles. The van der Waals surface area contributed by atoms with E-state index >= 15 is 0 Å². The van der Waals surface area contributed by atoms with Crippen molar-refractivity contribution < 1.29 is 24.2 Å². The molecule has 0 radical (unpaired) electrons. The number of rotatable bonds is 12. The van der Waals surface area contributed by atoms with Crippen molar-refractivity contribution in [1.82, 2.24) is 9.80 Å². The standard InChI is InChI=1S/C28H34N2O5/c1-5-19-35-23-15-9-20(10-16-23)25-24(26(31)21-11-13-22(34-4)14-12-21)27(32)28(33)30(25)18-8-17-29(6-2)7-3/h5,9-16,25,31H,1,6-8,17-19H2,2-4H3/b26-24+/t25-/m0/s1. The quantitative estimate of drug-likeness (QED) is 0.211. The Morgan fingerprint density at radius 3 is 2.26 bits per heavy atom. The van der Waals surface area contributed by atoms with Crippen molar-refractivity contribution in [2.75, 3.05) is 39.9 Å². The van der Waals surface area contributed by atoms with E-state index in [9.17, 15) is 14.7 Å². The van der Waals surface area contributed by atoms with Crippen molar-refractivity contribution >= 4 is 17.4 Å². The molecule has 1 aliphatic heterocycles. The summed E-state index contributed by atoms with van der Waals surface area (Å²) in [4.78, 5) is 30.1. The molecule has 7 heteroatoms. The van der Waals surface area contributed by atoms with Crippen LogP contribution < -0.4 is 9.47 Å². The van der Waals surface area contributed by atoms with Crippen molar-refractivity contribution in [3.63, 3.8) is 0 Å². The normalized spacial score (nSPS) is 17.1. The van der Waals surface area contributed by atoms with Gasteiger partial charge in [-0.3, -0.25) is 9.59 Å². The number of aliphatic hydroxyl groups is 1. The number of ether oxygens (including phenoxy) is 2. The summed E-state index contributed by atoms with van der Waals surface area (Å²) in [5.74, 6) is -0.198. The van der Waals surface area contributed by atoms with Crippen molar-refractivity contribution in [3.05, 3.63) is 77.9 Å². The van der Waals surface area contributed by atoms with Gasteiger partial charge >= 0.3 is 0 Å². The smallest absolute Gasteiger partial charge is 0.295 e. The predicted octanol–water partition coefficient (Wildman–Crippen LogP) is 4.41. The number of nitrogens with zero attached hydrogens (tertiary/aromatic N) is 2. The summed E-state index contributed by atoms with van der Waals surface area (Å²) >= 11 is 0. The lowest BCUT2D eigenvalue weighted by atomic mass is 9.95. The number of aliphatic hydroxyl groups excluding tert-OH is 1. The summed E-state index contributed by atoms with van der Waals surface area (Å²) < 4.78 is 10.8. The Kier molecular flexibility index (Phi) is 9.09. The Labute approximate surface area is 207 Å². The van der Waals surface area contributed by atoms with Crippen LogP contribution in [0.25, 0.3) is 5.76 Å². The van der Waals surface area contributed by atoms with Crippen LogP contribution in [0.3, 0.4) is 0 Å². The van der Waals surface area contributed by atoms with Gasteiger partial charge in [-0.1, -0.05) is 38.6 Å². The largest absolute Gasteiger partial charge is 0.507 e. The number of ketones is 1. The molecule has 1 amide bonds. The third-order valence-electron chi connectivity index (χ3n) is 6.23. The average Bonchev–Trinajstić information content (AvgIpc) is 3.14. The zero-order valence-electron chi connectivity index (χ0n) is 20.7. The fourth-order valence-electron chi connectivity index (χ4n) is 4.27. The molecular formula is C28H34N2O5. The van der Waals surface area contributed by atoms with Crippen molar-refractivity contribution in [2.24, 2.45) is 0 Å². The maximum atomic E-state index is 13.2. The summed E-state index contributed by atoms with van der Waals surface area (Å²) in [6.45, 7) is 11.3. The summed E-state index contributed by atoms with van der Waals surface area (Å²) in [6, 6.07) is 13.3. The monoisotopic (exact) mass is 478 g/mol. The van der Waals surface area contributed by atoms with E-state index in [1.165, 1.54) is 0 Å². The molecule has 0 bridgehead atoms. The minimum atomic E-state index is -0.692. The number of benzene rings is 2. The Hall–Kier alpha value is -3.58. The van der Waals surface area contributed by atoms with Gasteiger partial charge in [0.2, 0.25) is 0 Å². The molecule has 7 nitrogen and oxygen atoms in total. The Morgan fingerprint density at radius 1 is 1.06 bits per heavy atom. The van der Waals surface area contributed by atoms with Crippen LogP contribution in [0.2, 0.25) is 0 Å². The van der Waals surface area contributed by atoms with Crippen LogP contribution in [0.5, 0.6) is 11.5 Å². The van der Waals surface area contributed by atoms with E-state index in [0.29, 0.717) is 36.6 Å². The van der Waals surface area contributed by atoms with E-state index in [1.807, 2.05) is 12.1 Å². The maximum Gasteiger partial charge on any atom is 0.295 e. The molecule has 0 aliphatic carbocycles. The van der Waals surface area contributed by atoms with Crippen LogP contribution in [0.1, 0.15) is 37.4 Å². The Balaban J connectivity index is 2.00. The number of hydrogen-bond donors (Lipinski definition) is 1. The first-order chi connectivity index (χ1) is 16.9. The number of Topliss-reactive ketones (excluding diaryl/α,β-unsaturated/α-hetero) is 1. The molecule has 3 rings (SSSR count). The van der Waals surface area contributed by atoms with Crippen LogP contribution in [0, 0.1) is 0 Å². The number of methoxy groups -OCH3 is 1. The van der Waals surface area contributed by atoms with Crippen LogP contribution in [0.15, 0.2) is 66.8 Å². The molecule has 1 saturated heterocycles. The second kappa shape index (κ2) is 12.2. The third-order valence-corrected chi connectivity index (χ3v) is 6.23. The zero-order valence-corrected chi connectivity index (χ0v) is 20.7. The van der Waals surface area contributed by atoms with Gasteiger partial charge in [-0.25, -0.2) is 0 Å². The summed E-state index contributed by atoms with van der Waals surface area (Å²) in [6.07, 6.45) is 2.38. The number of carbonyl (C=O) groups excluding carboxylic acids is 2. The first kappa shape index (κ1) is 26.0. The summed E-state index contributed by atoms with van der Waals surface area (Å²) in [5.41, 5.74) is 1.26. The molecule has 1 atom stereocenters. The van der Waals surface area contributed by atoms with E-state index in [1.54, 1.807) is 54.5 Å². The van der Waals surface area contributed by atoms with E-state index in [4.69, 9.17) is 9.47 Å². The Morgan fingerprint density at radius 2 is 1.69 bits per heavy atom. The minimum Gasteiger partial charge on any atom is -0.507 e. The van der Waals surface area contributed by atoms with Crippen LogP contribution in [-0.2, 0) is 9.59 Å². The highest BCUT2D eigenvalue weighted by atomic mass is 16.5. The van der Waals surface area contributed by atoms with E-state index in [0.717, 1.165) is 25.2 Å². The molecule has 35 heavy (non-hydrogen) atoms. The van der Waals surface area contributed by atoms with E-state index in [-0.39, 0.29) is 11.3 Å². The van der Waals surface area contributed by atoms with Crippen LogP contribution in [-0.4, -0.2) is 66.5 Å². The van der Waals surface area contributed by atoms with Gasteiger partial charge in [-0.15, -0.1) is 0 Å². The highest BCUT2D eigenvalue weighted by Crippen LogP contribution is 2.40. The average molecular weight is 479 g/mol. The number of carbonyl (C=O) groups is 2. The molecular weight excluding hydrogens is 444 g/mol. The van der Waals surface area contributed by atoms with Crippen molar-refractivity contribution in [1.29, 1.82) is 0 Å². The number of hydrogen-bond acceptors (Lipinski definition) is 6. The second-order valence-electron chi connectivity index (χ2n) is 8.27. The van der Waals surface area contributed by atoms with Gasteiger partial charge in [0, 0.05) is 12.1 Å². The second-order valence-corrected chi connectivity index (χ2v) is 8.27. The molecule has 0 spiro atoms. The number of amides is 1. The van der Waals surface area contributed by atoms with Gasteiger partial charge in [-0.2, -0.15) is 0 Å². The third kappa shape index (κ3) is 5.92. The fraction of sp³-hybridized carbons (Fsp3) is 0.357. The van der Waals surface area contributed by atoms with Crippen LogP contribution in [0.4, 0.5) is 0 Å². The molecule has 1 N–H and O–H groups in total. The SMILES string of the molecule is C=CCOc1ccc([C@H]2/C(=C(\O)c3ccc(OC)cc3)C(=O)C(=O)N2CCCN(CC)CC)cc1. The maximum absolute atomic E-state index is 13.2. The number of likely N-dealkylation sites (tertiary alicyclic amines) is 1. The fourth-order valence-corrected chi connectivity index (χ4v) is 4.27. The van der Waals surface area contributed by atoms with Gasteiger partial charge in [-0.05, 0) is 68.0 Å². The Bertz CT molecular complexity index is 1060. The molecule has 0 unspecified atom stereocenters. The van der Waals surface area contributed by atoms with Gasteiger partial charge in [0.15, 0.2) is 0 Å². The highest BCUT2D eigenvalue weighted by Gasteiger charge is 2.45. The molecule has 186 valence electrons. The predicted molar refractivity (Wildman–Crippen MR) is 137 cm³/mol. The lowest BCUT2D eigenvalue weighted by Gasteiger charge is -2.27. The van der Waals surface area contributed by atoms with Gasteiger partial charge in [0.05, 0.1) is 18.7 Å². The topological polar surface area (TPSA) is 79.3 Å². The van der Waals surface area contributed by atoms with Crippen LogP contribution >= 0.6 is 0 Å². The van der Waals surface area contributed by atoms with E-state index in [2.05, 4.69) is 25.3 Å². The summed E-state index contributed by atoms with van der Waals surface area (Å²) in [5, 5.41) is 11.2. The zero-order chi connectivity index (χ0) is 25.4. The van der Waals surface area contributed by atoms with E-state index < -0.39 is 17.7 Å². The summed E-state index contributed by atoms with van der Waals surface area (Å²) in [7, 11) is 1.56. The first-order valence-electron chi connectivity index (χ1n) is 11.9. The lowest BCUT2D eigenvalue weighted by Crippen LogP contribution is -2.33.